The summed E-state index contributed by atoms with van der Waals surface area (Å²) >= 11 is 0. The average Bonchev–Trinajstić information content (AvgIpc) is 3.01. The molecule has 0 bridgehead atoms. The molecule has 0 saturated heterocycles. The van der Waals surface area contributed by atoms with Crippen molar-refractivity contribution in [1.29, 1.82) is 0 Å². The van der Waals surface area contributed by atoms with Gasteiger partial charge in [-0.3, -0.25) is 19.6 Å². The van der Waals surface area contributed by atoms with Crippen molar-refractivity contribution in [3.63, 3.8) is 0 Å². The van der Waals surface area contributed by atoms with E-state index in [1.807, 2.05) is 0 Å². The summed E-state index contributed by atoms with van der Waals surface area (Å²) in [5.74, 6) is 0.118. The second kappa shape index (κ2) is 9.08. The first-order valence-electron chi connectivity index (χ1n) is 9.28. The number of phenols is 1. The van der Waals surface area contributed by atoms with Crippen LogP contribution in [0.2, 0.25) is 0 Å². The molecule has 160 valence electrons. The Balaban J connectivity index is 1.79. The second-order valence-corrected chi connectivity index (χ2v) is 6.75. The molecule has 2 N–H and O–H groups in total. The third-order valence-corrected chi connectivity index (χ3v) is 4.64. The number of carbonyl (C=O) groups is 1. The lowest BCUT2D eigenvalue weighted by Gasteiger charge is -2.10. The Kier molecular flexibility index (Phi) is 6.29. The SMILES string of the molecule is COc1ccc(/C=N/NC(=O)c2cccc(O)c2)cc1Cn1nc(C)c([N+](=O)[O-])c1C. The van der Waals surface area contributed by atoms with Crippen LogP contribution in [0.1, 0.15) is 32.9 Å². The van der Waals surface area contributed by atoms with Crippen LogP contribution < -0.4 is 10.2 Å². The molecule has 31 heavy (non-hydrogen) atoms. The molecular formula is C21H21N5O5. The number of aromatic nitrogens is 2. The van der Waals surface area contributed by atoms with E-state index in [-0.39, 0.29) is 23.5 Å². The topological polar surface area (TPSA) is 132 Å². The van der Waals surface area contributed by atoms with E-state index in [9.17, 15) is 20.0 Å². The van der Waals surface area contributed by atoms with Crippen LogP contribution in [-0.2, 0) is 6.54 Å². The number of phenolic OH excluding ortho intramolecular Hbond substituents is 1. The van der Waals surface area contributed by atoms with E-state index in [0.29, 0.717) is 22.7 Å². The van der Waals surface area contributed by atoms with Crippen LogP contribution in [0.15, 0.2) is 47.6 Å². The van der Waals surface area contributed by atoms with E-state index in [0.717, 1.165) is 5.56 Å². The van der Waals surface area contributed by atoms with Gasteiger partial charge in [-0.1, -0.05) is 6.07 Å². The first-order valence-corrected chi connectivity index (χ1v) is 9.28. The van der Waals surface area contributed by atoms with Gasteiger partial charge in [0.1, 0.15) is 22.9 Å². The Morgan fingerprint density at radius 3 is 2.74 bits per heavy atom. The maximum Gasteiger partial charge on any atom is 0.312 e. The van der Waals surface area contributed by atoms with Gasteiger partial charge in [0.15, 0.2) is 0 Å². The molecule has 0 atom stereocenters. The minimum Gasteiger partial charge on any atom is -0.508 e. The first-order chi connectivity index (χ1) is 14.8. The minimum atomic E-state index is -0.462. The van der Waals surface area contributed by atoms with E-state index in [2.05, 4.69) is 15.6 Å². The number of rotatable bonds is 7. The fourth-order valence-electron chi connectivity index (χ4n) is 3.15. The van der Waals surface area contributed by atoms with Crippen molar-refractivity contribution in [2.75, 3.05) is 7.11 Å². The van der Waals surface area contributed by atoms with Gasteiger partial charge in [-0.15, -0.1) is 0 Å². The molecule has 0 aliphatic carbocycles. The zero-order valence-electron chi connectivity index (χ0n) is 17.2. The van der Waals surface area contributed by atoms with Crippen molar-refractivity contribution in [3.05, 3.63) is 80.7 Å². The maximum atomic E-state index is 12.1. The third kappa shape index (κ3) is 4.86. The molecule has 3 aromatic rings. The number of benzene rings is 2. The third-order valence-electron chi connectivity index (χ3n) is 4.64. The van der Waals surface area contributed by atoms with E-state index >= 15 is 0 Å². The number of amides is 1. The van der Waals surface area contributed by atoms with Crippen LogP contribution in [-0.4, -0.2) is 39.0 Å². The van der Waals surface area contributed by atoms with Crippen LogP contribution in [0, 0.1) is 24.0 Å². The summed E-state index contributed by atoms with van der Waals surface area (Å²) in [4.78, 5) is 22.9. The van der Waals surface area contributed by atoms with Gasteiger partial charge in [-0.2, -0.15) is 10.2 Å². The molecule has 2 aromatic carbocycles. The average molecular weight is 423 g/mol. The Morgan fingerprint density at radius 2 is 2.10 bits per heavy atom. The molecule has 0 unspecified atom stereocenters. The number of nitro groups is 1. The number of aromatic hydroxyl groups is 1. The normalized spacial score (nSPS) is 10.9. The number of hydrogen-bond donors (Lipinski definition) is 2. The number of carbonyl (C=O) groups excluding carboxylic acids is 1. The number of hydrazone groups is 1. The van der Waals surface area contributed by atoms with Crippen LogP contribution in [0.5, 0.6) is 11.5 Å². The molecule has 0 saturated carbocycles. The van der Waals surface area contributed by atoms with Crippen molar-refractivity contribution in [1.82, 2.24) is 15.2 Å². The number of methoxy groups -OCH3 is 1. The highest BCUT2D eigenvalue weighted by Gasteiger charge is 2.22. The molecule has 1 amide bonds. The lowest BCUT2D eigenvalue weighted by atomic mass is 10.1. The van der Waals surface area contributed by atoms with Gasteiger partial charge in [0, 0.05) is 11.1 Å². The maximum absolute atomic E-state index is 12.1. The van der Waals surface area contributed by atoms with Gasteiger partial charge < -0.3 is 9.84 Å². The van der Waals surface area contributed by atoms with Gasteiger partial charge in [0.05, 0.1) is 24.8 Å². The van der Waals surface area contributed by atoms with Crippen molar-refractivity contribution in [2.45, 2.75) is 20.4 Å². The minimum absolute atomic E-state index is 0.00801. The van der Waals surface area contributed by atoms with Crippen LogP contribution in [0.4, 0.5) is 5.69 Å². The van der Waals surface area contributed by atoms with Crippen LogP contribution in [0.25, 0.3) is 0 Å². The van der Waals surface area contributed by atoms with Crippen LogP contribution in [0.3, 0.4) is 0 Å². The lowest BCUT2D eigenvalue weighted by molar-refractivity contribution is -0.386. The van der Waals surface area contributed by atoms with Gasteiger partial charge in [-0.05, 0) is 55.8 Å². The summed E-state index contributed by atoms with van der Waals surface area (Å²) < 4.78 is 6.95. The summed E-state index contributed by atoms with van der Waals surface area (Å²) in [5, 5.41) is 28.9. The summed E-state index contributed by atoms with van der Waals surface area (Å²) in [5.41, 5.74) is 4.88. The van der Waals surface area contributed by atoms with Gasteiger partial charge >= 0.3 is 5.69 Å². The molecule has 0 spiro atoms. The molecule has 1 aromatic heterocycles. The largest absolute Gasteiger partial charge is 0.508 e. The number of aryl methyl sites for hydroxylation is 1. The Bertz CT molecular complexity index is 1170. The van der Waals surface area contributed by atoms with Crippen LogP contribution >= 0.6 is 0 Å². The monoisotopic (exact) mass is 423 g/mol. The van der Waals surface area contributed by atoms with E-state index < -0.39 is 10.8 Å². The molecule has 0 fully saturated rings. The smallest absolute Gasteiger partial charge is 0.312 e. The number of nitrogens with zero attached hydrogens (tertiary/aromatic N) is 4. The zero-order chi connectivity index (χ0) is 22.5. The van der Waals surface area contributed by atoms with Crippen molar-refractivity contribution in [2.24, 2.45) is 5.10 Å². The standard InChI is InChI=1S/C21H21N5O5/c1-13-20(26(29)30)14(2)25(24-13)12-17-9-15(7-8-19(17)31-3)11-22-23-21(28)16-5-4-6-18(27)10-16/h4-11,27H,12H2,1-3H3,(H,23,28)/b22-11+. The van der Waals surface area contributed by atoms with Crippen molar-refractivity contribution >= 4 is 17.8 Å². The highest BCUT2D eigenvalue weighted by atomic mass is 16.6. The predicted octanol–water partition coefficient (Wildman–Crippen LogP) is 2.93. The number of hydrogen-bond acceptors (Lipinski definition) is 7. The highest BCUT2D eigenvalue weighted by Crippen LogP contribution is 2.25. The van der Waals surface area contributed by atoms with Gasteiger partial charge in [0.25, 0.3) is 5.91 Å². The fourth-order valence-corrected chi connectivity index (χ4v) is 3.15. The van der Waals surface area contributed by atoms with E-state index in [1.165, 1.54) is 25.5 Å². The Hall–Kier alpha value is -4.21. The van der Waals surface area contributed by atoms with Gasteiger partial charge in [-0.25, -0.2) is 5.43 Å². The lowest BCUT2D eigenvalue weighted by Crippen LogP contribution is -2.17. The first kappa shape index (κ1) is 21.5. The molecule has 0 aliphatic heterocycles. The van der Waals surface area contributed by atoms with E-state index in [1.54, 1.807) is 48.9 Å². The summed E-state index contributed by atoms with van der Waals surface area (Å²) in [6, 6.07) is 11.2. The molecule has 0 radical (unpaired) electrons. The van der Waals surface area contributed by atoms with E-state index in [4.69, 9.17) is 4.74 Å². The van der Waals surface area contributed by atoms with Crippen molar-refractivity contribution < 1.29 is 19.6 Å². The second-order valence-electron chi connectivity index (χ2n) is 6.75. The summed E-state index contributed by atoms with van der Waals surface area (Å²) in [7, 11) is 1.53. The number of nitrogens with one attached hydrogen (secondary N) is 1. The Labute approximate surface area is 177 Å². The molecule has 3 rings (SSSR count). The quantitative estimate of drug-likeness (QED) is 0.341. The highest BCUT2D eigenvalue weighted by molar-refractivity contribution is 5.95. The predicted molar refractivity (Wildman–Crippen MR) is 114 cm³/mol. The summed E-state index contributed by atoms with van der Waals surface area (Å²) in [6.07, 6.45) is 1.47. The fraction of sp³-hybridized carbons (Fsp3) is 0.190. The molecular weight excluding hydrogens is 402 g/mol. The summed E-state index contributed by atoms with van der Waals surface area (Å²) in [6.45, 7) is 3.50. The zero-order valence-corrected chi connectivity index (χ0v) is 17.2. The molecule has 0 aliphatic rings. The molecule has 1 heterocycles. The van der Waals surface area contributed by atoms with Gasteiger partial charge in [0.2, 0.25) is 0 Å². The van der Waals surface area contributed by atoms with Crippen molar-refractivity contribution in [3.8, 4) is 11.5 Å². The number of ether oxygens (including phenoxy) is 1. The molecule has 10 heteroatoms. The Morgan fingerprint density at radius 1 is 1.32 bits per heavy atom. The molecule has 10 nitrogen and oxygen atoms in total.